The van der Waals surface area contributed by atoms with Gasteiger partial charge in [0.2, 0.25) is 5.91 Å². The summed E-state index contributed by atoms with van der Waals surface area (Å²) >= 11 is 0. The van der Waals surface area contributed by atoms with Crippen LogP contribution in [0.2, 0.25) is 0 Å². The number of likely N-dealkylation sites (N-methyl/N-ethyl adjacent to an activating group) is 1. The third kappa shape index (κ3) is 4.45. The molecule has 7 nitrogen and oxygen atoms in total. The third-order valence-electron chi connectivity index (χ3n) is 6.75. The lowest BCUT2D eigenvalue weighted by molar-refractivity contribution is -0.137. The van der Waals surface area contributed by atoms with Crippen LogP contribution in [0.15, 0.2) is 36.4 Å². The molecular formula is C26H29N5O2. The van der Waals surface area contributed by atoms with Crippen molar-refractivity contribution in [1.82, 2.24) is 20.4 Å². The number of likely N-dealkylation sites (tertiary alicyclic amines) is 1. The molecule has 2 aromatic rings. The van der Waals surface area contributed by atoms with E-state index < -0.39 is 0 Å². The Hall–Kier alpha value is -3.34. The molecule has 2 N–H and O–H groups in total. The van der Waals surface area contributed by atoms with E-state index in [0.717, 1.165) is 59.9 Å². The van der Waals surface area contributed by atoms with E-state index in [2.05, 4.69) is 39.8 Å². The van der Waals surface area contributed by atoms with Crippen molar-refractivity contribution in [2.45, 2.75) is 25.0 Å². The summed E-state index contributed by atoms with van der Waals surface area (Å²) in [6, 6.07) is 14.1. The van der Waals surface area contributed by atoms with Crippen molar-refractivity contribution >= 4 is 18.2 Å². The molecule has 0 saturated carbocycles. The molecule has 2 aromatic carbocycles. The predicted octanol–water partition coefficient (Wildman–Crippen LogP) is 0.578. The second-order valence-electron chi connectivity index (χ2n) is 8.95. The van der Waals surface area contributed by atoms with Gasteiger partial charge in [0.15, 0.2) is 0 Å². The van der Waals surface area contributed by atoms with Gasteiger partial charge in [0.05, 0.1) is 11.6 Å². The molecule has 0 spiro atoms. The molecule has 170 valence electrons. The maximum Gasteiger partial charge on any atom is 0.241 e. The summed E-state index contributed by atoms with van der Waals surface area (Å²) in [5.41, 5.74) is 2.69. The van der Waals surface area contributed by atoms with Crippen LogP contribution >= 0.6 is 0 Å². The average molecular weight is 444 g/mol. The lowest BCUT2D eigenvalue weighted by Gasteiger charge is -2.34. The number of carbonyl (C=O) groups is 1. The summed E-state index contributed by atoms with van der Waals surface area (Å²) in [5.74, 6) is 1.06. The van der Waals surface area contributed by atoms with Gasteiger partial charge in [-0.1, -0.05) is 18.2 Å². The van der Waals surface area contributed by atoms with Crippen LogP contribution < -0.4 is 25.8 Å². The molecule has 33 heavy (non-hydrogen) atoms. The molecule has 3 aliphatic heterocycles. The van der Waals surface area contributed by atoms with Crippen LogP contribution in [0.5, 0.6) is 5.75 Å². The van der Waals surface area contributed by atoms with Gasteiger partial charge in [0.1, 0.15) is 17.9 Å². The Balaban J connectivity index is 1.35. The van der Waals surface area contributed by atoms with Crippen LogP contribution in [0.3, 0.4) is 0 Å². The van der Waals surface area contributed by atoms with Crippen molar-refractivity contribution in [1.29, 1.82) is 5.26 Å². The van der Waals surface area contributed by atoms with Gasteiger partial charge in [0, 0.05) is 57.1 Å². The Morgan fingerprint density at radius 3 is 2.79 bits per heavy atom. The van der Waals surface area contributed by atoms with Gasteiger partial charge in [-0.3, -0.25) is 9.69 Å². The quantitative estimate of drug-likeness (QED) is 0.720. The third-order valence-corrected chi connectivity index (χ3v) is 6.75. The Morgan fingerprint density at radius 2 is 2.03 bits per heavy atom. The number of nitrogens with zero attached hydrogens (tertiary/aromatic N) is 3. The lowest BCUT2D eigenvalue weighted by atomic mass is 10.0. The number of piperidine rings is 1. The van der Waals surface area contributed by atoms with Gasteiger partial charge in [-0.2, -0.15) is 5.26 Å². The second-order valence-corrected chi connectivity index (χ2v) is 8.95. The smallest absolute Gasteiger partial charge is 0.241 e. The SMILES string of the molecule is CN1CNCC1C(=O)N1CCC(Oc2cc(-c3cccc(C#N)c3)cc3c2=CNCC=3)CC1. The van der Waals surface area contributed by atoms with E-state index in [1.165, 1.54) is 0 Å². The highest BCUT2D eigenvalue weighted by atomic mass is 16.5. The highest BCUT2D eigenvalue weighted by molar-refractivity contribution is 5.82. The van der Waals surface area contributed by atoms with Crippen molar-refractivity contribution in [3.8, 4) is 22.9 Å². The summed E-state index contributed by atoms with van der Waals surface area (Å²) < 4.78 is 6.53. The summed E-state index contributed by atoms with van der Waals surface area (Å²) in [6.45, 7) is 3.69. The molecule has 1 amide bonds. The van der Waals surface area contributed by atoms with Crippen LogP contribution in [0.1, 0.15) is 18.4 Å². The van der Waals surface area contributed by atoms with E-state index in [9.17, 15) is 10.1 Å². The van der Waals surface area contributed by atoms with Gasteiger partial charge in [-0.15, -0.1) is 0 Å². The summed E-state index contributed by atoms with van der Waals surface area (Å²) in [5, 5.41) is 18.0. The highest BCUT2D eigenvalue weighted by Gasteiger charge is 2.33. The molecule has 0 aromatic heterocycles. The van der Waals surface area contributed by atoms with Crippen LogP contribution in [0.25, 0.3) is 23.4 Å². The van der Waals surface area contributed by atoms with E-state index >= 15 is 0 Å². The molecule has 3 aliphatic rings. The predicted molar refractivity (Wildman–Crippen MR) is 127 cm³/mol. The zero-order valence-corrected chi connectivity index (χ0v) is 18.9. The number of benzene rings is 2. The fraction of sp³-hybridized carbons (Fsp3) is 0.385. The van der Waals surface area contributed by atoms with Gasteiger partial charge < -0.3 is 20.3 Å². The van der Waals surface area contributed by atoms with Gasteiger partial charge in [0.25, 0.3) is 0 Å². The zero-order chi connectivity index (χ0) is 22.8. The summed E-state index contributed by atoms with van der Waals surface area (Å²) in [4.78, 5) is 16.9. The molecule has 0 bridgehead atoms. The van der Waals surface area contributed by atoms with E-state index in [4.69, 9.17) is 4.74 Å². The second kappa shape index (κ2) is 9.26. The molecule has 1 atom stereocenters. The number of hydrogen-bond acceptors (Lipinski definition) is 6. The first-order valence-electron chi connectivity index (χ1n) is 11.6. The minimum absolute atomic E-state index is 0.0634. The van der Waals surface area contributed by atoms with E-state index in [1.54, 1.807) is 0 Å². The van der Waals surface area contributed by atoms with Crippen LogP contribution in [-0.4, -0.2) is 67.7 Å². The number of ether oxygens (including phenoxy) is 1. The molecule has 0 radical (unpaired) electrons. The molecule has 2 saturated heterocycles. The normalized spacial score (nSPS) is 20.7. The maximum atomic E-state index is 12.9. The van der Waals surface area contributed by atoms with E-state index in [0.29, 0.717) is 18.7 Å². The molecule has 1 unspecified atom stereocenters. The standard InChI is InChI=1S/C26H29N5O2/c1-30-17-29-16-24(30)26(32)31-9-6-22(7-10-31)33-25-13-21(12-20-5-8-28-15-23(20)25)19-4-2-3-18(11-19)14-27/h2-5,11-13,15,22,24,28-29H,6-10,16-17H2,1H3. The van der Waals surface area contributed by atoms with Crippen LogP contribution in [-0.2, 0) is 4.79 Å². The number of amides is 1. The first-order chi connectivity index (χ1) is 16.1. The monoisotopic (exact) mass is 443 g/mol. The minimum Gasteiger partial charge on any atom is -0.490 e. The van der Waals surface area contributed by atoms with Crippen LogP contribution in [0, 0.1) is 11.3 Å². The molecule has 0 aliphatic carbocycles. The van der Waals surface area contributed by atoms with Gasteiger partial charge in [-0.25, -0.2) is 0 Å². The van der Waals surface area contributed by atoms with Gasteiger partial charge in [-0.05, 0) is 47.7 Å². The number of nitrogens with one attached hydrogen (secondary N) is 2. The summed E-state index contributed by atoms with van der Waals surface area (Å²) in [6.07, 6.45) is 5.87. The Morgan fingerprint density at radius 1 is 1.18 bits per heavy atom. The average Bonchev–Trinajstić information content (AvgIpc) is 3.29. The molecular weight excluding hydrogens is 414 g/mol. The topological polar surface area (TPSA) is 80.6 Å². The fourth-order valence-corrected chi connectivity index (χ4v) is 4.84. The molecule has 3 heterocycles. The first-order valence-corrected chi connectivity index (χ1v) is 11.6. The fourth-order valence-electron chi connectivity index (χ4n) is 4.84. The van der Waals surface area contributed by atoms with E-state index in [-0.39, 0.29) is 18.1 Å². The van der Waals surface area contributed by atoms with Crippen molar-refractivity contribution in [2.75, 3.05) is 39.9 Å². The maximum absolute atomic E-state index is 12.9. The first kappa shape index (κ1) is 21.5. The van der Waals surface area contributed by atoms with Gasteiger partial charge >= 0.3 is 0 Å². The number of carbonyl (C=O) groups excluding carboxylic acids is 1. The summed E-state index contributed by atoms with van der Waals surface area (Å²) in [7, 11) is 1.99. The molecule has 2 fully saturated rings. The largest absolute Gasteiger partial charge is 0.490 e. The van der Waals surface area contributed by atoms with Crippen molar-refractivity contribution in [3.63, 3.8) is 0 Å². The Labute approximate surface area is 193 Å². The number of rotatable bonds is 4. The van der Waals surface area contributed by atoms with E-state index in [1.807, 2.05) is 42.4 Å². The van der Waals surface area contributed by atoms with Crippen molar-refractivity contribution in [3.05, 3.63) is 52.4 Å². The highest BCUT2D eigenvalue weighted by Crippen LogP contribution is 2.24. The number of nitriles is 1. The Bertz CT molecular complexity index is 1210. The number of fused-ring (bicyclic) bond motifs is 1. The minimum atomic E-state index is -0.0634. The van der Waals surface area contributed by atoms with Crippen molar-refractivity contribution < 1.29 is 9.53 Å². The Kier molecular flexibility index (Phi) is 6.03. The number of hydrogen-bond donors (Lipinski definition) is 2. The van der Waals surface area contributed by atoms with Crippen LogP contribution in [0.4, 0.5) is 0 Å². The zero-order valence-electron chi connectivity index (χ0n) is 18.9. The van der Waals surface area contributed by atoms with Crippen molar-refractivity contribution in [2.24, 2.45) is 0 Å². The molecule has 5 rings (SSSR count). The molecule has 7 heteroatoms. The lowest BCUT2D eigenvalue weighted by Crippen LogP contribution is -2.50.